The predicted octanol–water partition coefficient (Wildman–Crippen LogP) is 2.20. The molecule has 2 fully saturated rings. The highest BCUT2D eigenvalue weighted by Crippen LogP contribution is 2.35. The van der Waals surface area contributed by atoms with Gasteiger partial charge in [0, 0.05) is 44.6 Å². The molecule has 2 atom stereocenters. The number of aryl methyl sites for hydroxylation is 1. The molecular formula is C21H31N5O. The standard InChI is InChI=1S/C21H31N5O/c22-13-17-10-9-16(26(17)14-15-7-8-15)12-21(27)23-11-3-6-20-24-18-4-1-2-5-19(18)25-20/h1-2,4-5,15-17H,3,6-14,22H2,(H,23,27)(H,24,25)/t16-,17+/m0/s1. The molecule has 2 aromatic rings. The van der Waals surface area contributed by atoms with E-state index < -0.39 is 0 Å². The van der Waals surface area contributed by atoms with E-state index in [2.05, 4.69) is 20.2 Å². The number of nitrogens with zero attached hydrogens (tertiary/aromatic N) is 2. The minimum atomic E-state index is 0.170. The molecule has 4 rings (SSSR count). The van der Waals surface area contributed by atoms with Crippen LogP contribution in [0.3, 0.4) is 0 Å². The number of H-pyrrole nitrogens is 1. The Balaban J connectivity index is 1.20. The van der Waals surface area contributed by atoms with Crippen LogP contribution in [0, 0.1) is 5.92 Å². The summed E-state index contributed by atoms with van der Waals surface area (Å²) < 4.78 is 0. The zero-order chi connectivity index (χ0) is 18.6. The Hall–Kier alpha value is -1.92. The molecule has 1 aromatic heterocycles. The largest absolute Gasteiger partial charge is 0.356 e. The molecular weight excluding hydrogens is 338 g/mol. The van der Waals surface area contributed by atoms with Crippen molar-refractivity contribution in [2.45, 2.75) is 57.0 Å². The van der Waals surface area contributed by atoms with Crippen LogP contribution < -0.4 is 11.1 Å². The number of carbonyl (C=O) groups is 1. The Morgan fingerprint density at radius 2 is 2.04 bits per heavy atom. The van der Waals surface area contributed by atoms with E-state index in [1.807, 2.05) is 24.3 Å². The van der Waals surface area contributed by atoms with Gasteiger partial charge in [-0.25, -0.2) is 4.98 Å². The number of carbonyl (C=O) groups excluding carboxylic acids is 1. The molecule has 0 spiro atoms. The maximum atomic E-state index is 12.4. The molecule has 1 aliphatic heterocycles. The average molecular weight is 370 g/mol. The molecule has 1 saturated heterocycles. The number of likely N-dealkylation sites (tertiary alicyclic amines) is 1. The quantitative estimate of drug-likeness (QED) is 0.592. The lowest BCUT2D eigenvalue weighted by atomic mass is 10.1. The predicted molar refractivity (Wildman–Crippen MR) is 107 cm³/mol. The van der Waals surface area contributed by atoms with Crippen molar-refractivity contribution in [3.05, 3.63) is 30.1 Å². The van der Waals surface area contributed by atoms with Crippen LogP contribution in [0.2, 0.25) is 0 Å². The molecule has 0 unspecified atom stereocenters. The fourth-order valence-corrected chi connectivity index (χ4v) is 4.28. The van der Waals surface area contributed by atoms with Crippen LogP contribution in [0.1, 0.15) is 44.3 Å². The molecule has 1 aromatic carbocycles. The van der Waals surface area contributed by atoms with Gasteiger partial charge in [0.2, 0.25) is 5.91 Å². The van der Waals surface area contributed by atoms with Gasteiger partial charge in [0.1, 0.15) is 5.82 Å². The fourth-order valence-electron chi connectivity index (χ4n) is 4.28. The van der Waals surface area contributed by atoms with Gasteiger partial charge in [-0.2, -0.15) is 0 Å². The summed E-state index contributed by atoms with van der Waals surface area (Å²) in [7, 11) is 0. The second kappa shape index (κ2) is 8.40. The molecule has 2 aliphatic rings. The van der Waals surface area contributed by atoms with Crippen molar-refractivity contribution in [1.29, 1.82) is 0 Å². The number of para-hydroxylation sites is 2. The van der Waals surface area contributed by atoms with Crippen molar-refractivity contribution in [1.82, 2.24) is 20.2 Å². The summed E-state index contributed by atoms with van der Waals surface area (Å²) in [6.07, 6.45) is 7.26. The summed E-state index contributed by atoms with van der Waals surface area (Å²) in [6, 6.07) is 8.90. The van der Waals surface area contributed by atoms with E-state index in [0.29, 0.717) is 31.6 Å². The minimum absolute atomic E-state index is 0.170. The summed E-state index contributed by atoms with van der Waals surface area (Å²) >= 11 is 0. The van der Waals surface area contributed by atoms with Crippen LogP contribution in [-0.4, -0.2) is 52.5 Å². The number of fused-ring (bicyclic) bond motifs is 1. The van der Waals surface area contributed by atoms with E-state index in [0.717, 1.165) is 55.0 Å². The van der Waals surface area contributed by atoms with Crippen LogP contribution in [0.15, 0.2) is 24.3 Å². The van der Waals surface area contributed by atoms with E-state index in [1.165, 1.54) is 12.8 Å². The van der Waals surface area contributed by atoms with Gasteiger partial charge in [0.15, 0.2) is 0 Å². The lowest BCUT2D eigenvalue weighted by molar-refractivity contribution is -0.122. The Morgan fingerprint density at radius 1 is 1.22 bits per heavy atom. The average Bonchev–Trinajstić information content (AvgIpc) is 3.27. The molecule has 0 radical (unpaired) electrons. The van der Waals surface area contributed by atoms with Crippen molar-refractivity contribution in [2.75, 3.05) is 19.6 Å². The molecule has 1 amide bonds. The van der Waals surface area contributed by atoms with Crippen molar-refractivity contribution < 1.29 is 4.79 Å². The maximum absolute atomic E-state index is 12.4. The van der Waals surface area contributed by atoms with Gasteiger partial charge >= 0.3 is 0 Å². The second-order valence-electron chi connectivity index (χ2n) is 8.12. The first-order valence-electron chi connectivity index (χ1n) is 10.4. The lowest BCUT2D eigenvalue weighted by Gasteiger charge is -2.29. The number of nitrogens with two attached hydrogens (primary N) is 1. The Kier molecular flexibility index (Phi) is 5.74. The highest BCUT2D eigenvalue weighted by molar-refractivity contribution is 5.76. The van der Waals surface area contributed by atoms with Gasteiger partial charge in [-0.15, -0.1) is 0 Å². The number of rotatable bonds is 9. The van der Waals surface area contributed by atoms with Crippen molar-refractivity contribution in [2.24, 2.45) is 11.7 Å². The molecule has 2 heterocycles. The number of aromatic nitrogens is 2. The maximum Gasteiger partial charge on any atom is 0.221 e. The summed E-state index contributed by atoms with van der Waals surface area (Å²) in [5, 5.41) is 3.10. The molecule has 0 bridgehead atoms. The number of benzene rings is 1. The monoisotopic (exact) mass is 369 g/mol. The highest BCUT2D eigenvalue weighted by Gasteiger charge is 2.37. The highest BCUT2D eigenvalue weighted by atomic mass is 16.1. The zero-order valence-electron chi connectivity index (χ0n) is 16.0. The number of nitrogens with one attached hydrogen (secondary N) is 2. The topological polar surface area (TPSA) is 87.0 Å². The van der Waals surface area contributed by atoms with Crippen LogP contribution in [0.4, 0.5) is 0 Å². The van der Waals surface area contributed by atoms with Crippen LogP contribution in [-0.2, 0) is 11.2 Å². The lowest BCUT2D eigenvalue weighted by Crippen LogP contribution is -2.43. The SMILES string of the molecule is NC[C@H]1CC[C@@H](CC(=O)NCCCc2nc3ccccc3[nH]2)N1CC1CC1. The number of aromatic amines is 1. The summed E-state index contributed by atoms with van der Waals surface area (Å²) in [5.74, 6) is 2.00. The van der Waals surface area contributed by atoms with Gasteiger partial charge in [-0.3, -0.25) is 9.69 Å². The van der Waals surface area contributed by atoms with Crippen molar-refractivity contribution >= 4 is 16.9 Å². The van der Waals surface area contributed by atoms with Gasteiger partial charge in [-0.1, -0.05) is 12.1 Å². The third-order valence-corrected chi connectivity index (χ3v) is 5.98. The molecule has 27 heavy (non-hydrogen) atoms. The number of amides is 1. The second-order valence-corrected chi connectivity index (χ2v) is 8.12. The molecule has 146 valence electrons. The number of imidazole rings is 1. The number of hydrogen-bond donors (Lipinski definition) is 3. The molecule has 1 saturated carbocycles. The van der Waals surface area contributed by atoms with E-state index >= 15 is 0 Å². The Bertz CT molecular complexity index is 736. The van der Waals surface area contributed by atoms with E-state index in [9.17, 15) is 4.79 Å². The van der Waals surface area contributed by atoms with E-state index in [-0.39, 0.29) is 5.91 Å². The third-order valence-electron chi connectivity index (χ3n) is 5.98. The Labute approximate surface area is 160 Å². The van der Waals surface area contributed by atoms with Crippen LogP contribution in [0.25, 0.3) is 11.0 Å². The fraction of sp³-hybridized carbons (Fsp3) is 0.619. The summed E-state index contributed by atoms with van der Waals surface area (Å²) in [4.78, 5) is 22.8. The van der Waals surface area contributed by atoms with Gasteiger partial charge in [0.25, 0.3) is 0 Å². The molecule has 6 nitrogen and oxygen atoms in total. The normalized spacial score (nSPS) is 23.1. The van der Waals surface area contributed by atoms with E-state index in [4.69, 9.17) is 5.73 Å². The van der Waals surface area contributed by atoms with Crippen LogP contribution in [0.5, 0.6) is 0 Å². The van der Waals surface area contributed by atoms with Gasteiger partial charge < -0.3 is 16.0 Å². The van der Waals surface area contributed by atoms with E-state index in [1.54, 1.807) is 0 Å². The zero-order valence-corrected chi connectivity index (χ0v) is 16.0. The van der Waals surface area contributed by atoms with Crippen LogP contribution >= 0.6 is 0 Å². The molecule has 6 heteroatoms. The molecule has 4 N–H and O–H groups in total. The third kappa shape index (κ3) is 4.68. The summed E-state index contributed by atoms with van der Waals surface area (Å²) in [6.45, 7) is 2.54. The first-order chi connectivity index (χ1) is 13.2. The number of hydrogen-bond acceptors (Lipinski definition) is 4. The Morgan fingerprint density at radius 3 is 2.81 bits per heavy atom. The molecule has 1 aliphatic carbocycles. The first kappa shape index (κ1) is 18.4. The smallest absolute Gasteiger partial charge is 0.221 e. The van der Waals surface area contributed by atoms with Crippen molar-refractivity contribution in [3.63, 3.8) is 0 Å². The van der Waals surface area contributed by atoms with Gasteiger partial charge in [-0.05, 0) is 50.2 Å². The summed E-state index contributed by atoms with van der Waals surface area (Å²) in [5.41, 5.74) is 8.02. The van der Waals surface area contributed by atoms with Gasteiger partial charge in [0.05, 0.1) is 11.0 Å². The first-order valence-corrected chi connectivity index (χ1v) is 10.4. The van der Waals surface area contributed by atoms with Crippen molar-refractivity contribution in [3.8, 4) is 0 Å². The minimum Gasteiger partial charge on any atom is -0.356 e.